The van der Waals surface area contributed by atoms with Crippen LogP contribution in [0.1, 0.15) is 40.1 Å². The second-order valence-corrected chi connectivity index (χ2v) is 6.12. The normalized spacial score (nSPS) is 11.9. The van der Waals surface area contributed by atoms with Gasteiger partial charge in [0.25, 0.3) is 17.3 Å². The number of nitro benzene ring substituents is 2. The number of carbonyl (C=O) groups is 2. The number of carbonyl (C=O) groups excluding carboxylic acids is 2. The molecule has 0 saturated heterocycles. The fraction of sp³-hybridized carbons (Fsp3) is 0.176. The molecule has 1 N–H and O–H groups in total. The Morgan fingerprint density at radius 1 is 0.962 bits per heavy atom. The molecule has 9 heteroatoms. The highest BCUT2D eigenvalue weighted by Gasteiger charge is 2.34. The highest BCUT2D eigenvalue weighted by Crippen LogP contribution is 2.42. The SMILES string of the molecule is CC(C)NC(=O)c1cc([N+](=O)[O-])cc2c1-c1ccc([N+](=O)[O-])cc1C2=O. The first-order chi connectivity index (χ1) is 12.2. The molecule has 3 rings (SSSR count). The van der Waals surface area contributed by atoms with Crippen molar-refractivity contribution in [1.29, 1.82) is 0 Å². The summed E-state index contributed by atoms with van der Waals surface area (Å²) in [6.45, 7) is 3.47. The van der Waals surface area contributed by atoms with Gasteiger partial charge >= 0.3 is 0 Å². The van der Waals surface area contributed by atoms with E-state index in [-0.39, 0.29) is 34.0 Å². The van der Waals surface area contributed by atoms with Crippen molar-refractivity contribution in [3.05, 3.63) is 67.3 Å². The van der Waals surface area contributed by atoms with Gasteiger partial charge in [0.2, 0.25) is 0 Å². The molecule has 2 aromatic carbocycles. The Morgan fingerprint density at radius 3 is 2.15 bits per heavy atom. The van der Waals surface area contributed by atoms with E-state index in [9.17, 15) is 29.8 Å². The van der Waals surface area contributed by atoms with Crippen molar-refractivity contribution in [3.8, 4) is 11.1 Å². The lowest BCUT2D eigenvalue weighted by Crippen LogP contribution is -2.30. The number of benzene rings is 2. The summed E-state index contributed by atoms with van der Waals surface area (Å²) >= 11 is 0. The van der Waals surface area contributed by atoms with E-state index in [1.165, 1.54) is 12.1 Å². The Labute approximate surface area is 146 Å². The van der Waals surface area contributed by atoms with Crippen LogP contribution in [0.3, 0.4) is 0 Å². The highest BCUT2D eigenvalue weighted by molar-refractivity contribution is 6.25. The maximum absolute atomic E-state index is 12.7. The Balaban J connectivity index is 2.28. The number of non-ortho nitro benzene ring substituents is 2. The fourth-order valence-corrected chi connectivity index (χ4v) is 2.92. The molecule has 0 heterocycles. The van der Waals surface area contributed by atoms with E-state index in [4.69, 9.17) is 0 Å². The summed E-state index contributed by atoms with van der Waals surface area (Å²) in [7, 11) is 0. The van der Waals surface area contributed by atoms with Crippen molar-refractivity contribution in [2.75, 3.05) is 0 Å². The molecule has 0 aromatic heterocycles. The zero-order chi connectivity index (χ0) is 19.2. The molecular formula is C17H13N3O6. The molecular weight excluding hydrogens is 342 g/mol. The average molecular weight is 355 g/mol. The first kappa shape index (κ1) is 17.2. The van der Waals surface area contributed by atoms with Crippen molar-refractivity contribution in [3.63, 3.8) is 0 Å². The fourth-order valence-electron chi connectivity index (χ4n) is 2.92. The van der Waals surface area contributed by atoms with E-state index in [0.29, 0.717) is 5.56 Å². The monoisotopic (exact) mass is 355 g/mol. The third-order valence-electron chi connectivity index (χ3n) is 3.97. The predicted molar refractivity (Wildman–Crippen MR) is 91.2 cm³/mol. The van der Waals surface area contributed by atoms with Gasteiger partial charge in [0.15, 0.2) is 5.78 Å². The van der Waals surface area contributed by atoms with Crippen molar-refractivity contribution >= 4 is 23.1 Å². The maximum Gasteiger partial charge on any atom is 0.271 e. The molecule has 1 aliphatic carbocycles. The van der Waals surface area contributed by atoms with Gasteiger partial charge in [-0.2, -0.15) is 0 Å². The molecule has 1 amide bonds. The number of hydrogen-bond acceptors (Lipinski definition) is 6. The molecule has 0 spiro atoms. The van der Waals surface area contributed by atoms with E-state index in [0.717, 1.165) is 18.2 Å². The summed E-state index contributed by atoms with van der Waals surface area (Å²) in [5.74, 6) is -1.14. The average Bonchev–Trinajstić information content (AvgIpc) is 2.85. The first-order valence-corrected chi connectivity index (χ1v) is 7.67. The van der Waals surface area contributed by atoms with Crippen LogP contribution in [0.2, 0.25) is 0 Å². The van der Waals surface area contributed by atoms with Crippen molar-refractivity contribution in [2.24, 2.45) is 0 Å². The highest BCUT2D eigenvalue weighted by atomic mass is 16.6. The molecule has 9 nitrogen and oxygen atoms in total. The van der Waals surface area contributed by atoms with E-state index in [1.54, 1.807) is 13.8 Å². The van der Waals surface area contributed by atoms with Crippen LogP contribution >= 0.6 is 0 Å². The number of nitrogens with zero attached hydrogens (tertiary/aromatic N) is 2. The van der Waals surface area contributed by atoms with Crippen LogP contribution in [0.25, 0.3) is 11.1 Å². The van der Waals surface area contributed by atoms with E-state index < -0.39 is 27.2 Å². The van der Waals surface area contributed by atoms with Crippen LogP contribution in [0, 0.1) is 20.2 Å². The van der Waals surface area contributed by atoms with Crippen LogP contribution in [0.15, 0.2) is 30.3 Å². The van der Waals surface area contributed by atoms with Gasteiger partial charge in [-0.15, -0.1) is 0 Å². The molecule has 0 saturated carbocycles. The Bertz CT molecular complexity index is 996. The van der Waals surface area contributed by atoms with Crippen molar-refractivity contribution in [2.45, 2.75) is 19.9 Å². The van der Waals surface area contributed by atoms with Crippen LogP contribution in [-0.2, 0) is 0 Å². The maximum atomic E-state index is 12.7. The Hall–Kier alpha value is -3.62. The number of rotatable bonds is 4. The number of nitrogens with one attached hydrogen (secondary N) is 1. The third kappa shape index (κ3) is 2.69. The standard InChI is InChI=1S/C17H13N3O6/c1-8(2)18-17(22)14-7-10(20(25)26)6-13-15(14)11-4-3-9(19(23)24)5-12(11)16(13)21/h3-8H,1-2H3,(H,18,22). The quantitative estimate of drug-likeness (QED) is 0.565. The third-order valence-corrected chi connectivity index (χ3v) is 3.97. The smallest absolute Gasteiger partial charge is 0.271 e. The van der Waals surface area contributed by atoms with Gasteiger partial charge in [0.05, 0.1) is 15.4 Å². The number of ketones is 1. The van der Waals surface area contributed by atoms with Crippen molar-refractivity contribution in [1.82, 2.24) is 5.32 Å². The van der Waals surface area contributed by atoms with Crippen molar-refractivity contribution < 1.29 is 19.4 Å². The number of fused-ring (bicyclic) bond motifs is 3. The minimum Gasteiger partial charge on any atom is -0.350 e. The number of hydrogen-bond donors (Lipinski definition) is 1. The van der Waals surface area contributed by atoms with Gasteiger partial charge in [-0.25, -0.2) is 0 Å². The van der Waals surface area contributed by atoms with Gasteiger partial charge in [0, 0.05) is 47.0 Å². The summed E-state index contributed by atoms with van der Waals surface area (Å²) in [6, 6.07) is 5.72. The molecule has 0 radical (unpaired) electrons. The molecule has 132 valence electrons. The van der Waals surface area contributed by atoms with Crippen LogP contribution in [0.4, 0.5) is 11.4 Å². The molecule has 0 bridgehead atoms. The lowest BCUT2D eigenvalue weighted by molar-refractivity contribution is -0.385. The lowest BCUT2D eigenvalue weighted by atomic mass is 9.97. The van der Waals surface area contributed by atoms with Crippen LogP contribution in [0.5, 0.6) is 0 Å². The molecule has 0 fully saturated rings. The van der Waals surface area contributed by atoms with Crippen LogP contribution < -0.4 is 5.32 Å². The first-order valence-electron chi connectivity index (χ1n) is 7.67. The summed E-state index contributed by atoms with van der Waals surface area (Å²) in [5.41, 5.74) is -0.0373. The van der Waals surface area contributed by atoms with Gasteiger partial charge in [-0.1, -0.05) is 0 Å². The molecule has 2 aromatic rings. The molecule has 0 aliphatic heterocycles. The zero-order valence-electron chi connectivity index (χ0n) is 13.8. The van der Waals surface area contributed by atoms with Gasteiger partial charge < -0.3 is 5.32 Å². The Kier molecular flexibility index (Phi) is 3.99. The summed E-state index contributed by atoms with van der Waals surface area (Å²) in [6.07, 6.45) is 0. The topological polar surface area (TPSA) is 132 Å². The lowest BCUT2D eigenvalue weighted by Gasteiger charge is -2.12. The summed E-state index contributed by atoms with van der Waals surface area (Å²) < 4.78 is 0. The number of amides is 1. The molecule has 26 heavy (non-hydrogen) atoms. The predicted octanol–water partition coefficient (Wildman–Crippen LogP) is 2.85. The van der Waals surface area contributed by atoms with E-state index >= 15 is 0 Å². The van der Waals surface area contributed by atoms with Crippen LogP contribution in [-0.4, -0.2) is 27.6 Å². The van der Waals surface area contributed by atoms with E-state index in [1.807, 2.05) is 0 Å². The second kappa shape index (κ2) is 6.03. The largest absolute Gasteiger partial charge is 0.350 e. The molecule has 1 aliphatic rings. The molecule has 0 atom stereocenters. The molecule has 0 unspecified atom stereocenters. The van der Waals surface area contributed by atoms with E-state index in [2.05, 4.69) is 5.32 Å². The second-order valence-electron chi connectivity index (χ2n) is 6.12. The van der Waals surface area contributed by atoms with Gasteiger partial charge in [0.1, 0.15) is 0 Å². The minimum atomic E-state index is -0.689. The minimum absolute atomic E-state index is 0.0103. The van der Waals surface area contributed by atoms with Gasteiger partial charge in [-0.3, -0.25) is 29.8 Å². The Morgan fingerprint density at radius 2 is 1.58 bits per heavy atom. The van der Waals surface area contributed by atoms with Gasteiger partial charge in [-0.05, 0) is 25.5 Å². The number of nitro groups is 2. The zero-order valence-corrected chi connectivity index (χ0v) is 13.8. The summed E-state index contributed by atoms with van der Waals surface area (Å²) in [5, 5.41) is 24.8. The summed E-state index contributed by atoms with van der Waals surface area (Å²) in [4.78, 5) is 46.0.